The van der Waals surface area contributed by atoms with Crippen LogP contribution in [0.15, 0.2) is 18.2 Å². The molecule has 2 rings (SSSR count). The molecule has 0 bridgehead atoms. The number of carboxylic acids is 1. The number of rotatable bonds is 8. The summed E-state index contributed by atoms with van der Waals surface area (Å²) in [6.07, 6.45) is 2.88. The Morgan fingerprint density at radius 3 is 2.88 bits per heavy atom. The molecule has 0 amide bonds. The number of methoxy groups -OCH3 is 2. The molecule has 0 aliphatic carbocycles. The van der Waals surface area contributed by atoms with Crippen LogP contribution in [0, 0.1) is 11.2 Å². The molecule has 6 heteroatoms. The van der Waals surface area contributed by atoms with Crippen molar-refractivity contribution in [2.75, 3.05) is 33.9 Å². The Hall–Kier alpha value is -1.66. The lowest BCUT2D eigenvalue weighted by atomic mass is 9.76. The van der Waals surface area contributed by atoms with Crippen molar-refractivity contribution in [1.29, 1.82) is 0 Å². The molecule has 1 aromatic carbocycles. The van der Waals surface area contributed by atoms with Gasteiger partial charge in [0, 0.05) is 26.8 Å². The SMILES string of the molecule is COCCC[C@@]1(C(=O)O)CCCN(Cc2ccc(F)c(OC)c2)C1. The molecule has 1 N–H and O–H groups in total. The number of hydrogen-bond donors (Lipinski definition) is 1. The van der Waals surface area contributed by atoms with E-state index in [0.29, 0.717) is 32.5 Å². The summed E-state index contributed by atoms with van der Waals surface area (Å²) in [5.41, 5.74) is 0.201. The number of halogens is 1. The molecule has 1 atom stereocenters. The van der Waals surface area contributed by atoms with E-state index in [9.17, 15) is 14.3 Å². The van der Waals surface area contributed by atoms with Gasteiger partial charge in [-0.05, 0) is 49.9 Å². The molecule has 0 radical (unpaired) electrons. The monoisotopic (exact) mass is 339 g/mol. The highest BCUT2D eigenvalue weighted by molar-refractivity contribution is 5.75. The van der Waals surface area contributed by atoms with Crippen molar-refractivity contribution in [3.63, 3.8) is 0 Å². The molecule has 134 valence electrons. The topological polar surface area (TPSA) is 59.0 Å². The van der Waals surface area contributed by atoms with E-state index in [4.69, 9.17) is 9.47 Å². The van der Waals surface area contributed by atoms with Crippen molar-refractivity contribution in [1.82, 2.24) is 4.90 Å². The first kappa shape index (κ1) is 18.7. The third-order valence-corrected chi connectivity index (χ3v) is 4.74. The summed E-state index contributed by atoms with van der Waals surface area (Å²) in [5, 5.41) is 9.75. The lowest BCUT2D eigenvalue weighted by Crippen LogP contribution is -2.47. The third kappa shape index (κ3) is 4.45. The van der Waals surface area contributed by atoms with Crippen LogP contribution in [0.25, 0.3) is 0 Å². The van der Waals surface area contributed by atoms with Gasteiger partial charge in [-0.15, -0.1) is 0 Å². The van der Waals surface area contributed by atoms with Crippen molar-refractivity contribution in [3.8, 4) is 5.75 Å². The van der Waals surface area contributed by atoms with Crippen molar-refractivity contribution < 1.29 is 23.8 Å². The number of benzene rings is 1. The Kier molecular flexibility index (Phi) is 6.57. The molecule has 5 nitrogen and oxygen atoms in total. The van der Waals surface area contributed by atoms with Gasteiger partial charge in [0.25, 0.3) is 0 Å². The average molecular weight is 339 g/mol. The molecule has 0 aromatic heterocycles. The van der Waals surface area contributed by atoms with E-state index in [-0.39, 0.29) is 11.6 Å². The van der Waals surface area contributed by atoms with Crippen LogP contribution in [-0.4, -0.2) is 49.9 Å². The maximum Gasteiger partial charge on any atom is 0.310 e. The van der Waals surface area contributed by atoms with Gasteiger partial charge in [0.2, 0.25) is 0 Å². The normalized spacial score (nSPS) is 21.6. The van der Waals surface area contributed by atoms with Crippen molar-refractivity contribution >= 4 is 5.97 Å². The molecular weight excluding hydrogens is 313 g/mol. The Morgan fingerprint density at radius 2 is 2.21 bits per heavy atom. The highest BCUT2D eigenvalue weighted by atomic mass is 19.1. The van der Waals surface area contributed by atoms with Gasteiger partial charge in [0.15, 0.2) is 11.6 Å². The number of likely N-dealkylation sites (tertiary alicyclic amines) is 1. The van der Waals surface area contributed by atoms with E-state index in [2.05, 4.69) is 4.90 Å². The highest BCUT2D eigenvalue weighted by Gasteiger charge is 2.41. The van der Waals surface area contributed by atoms with E-state index in [1.807, 2.05) is 0 Å². The number of aliphatic carboxylic acids is 1. The first-order valence-electron chi connectivity index (χ1n) is 8.28. The minimum absolute atomic E-state index is 0.217. The van der Waals surface area contributed by atoms with E-state index < -0.39 is 11.4 Å². The van der Waals surface area contributed by atoms with E-state index >= 15 is 0 Å². The van der Waals surface area contributed by atoms with Crippen LogP contribution in [0.2, 0.25) is 0 Å². The van der Waals surface area contributed by atoms with Gasteiger partial charge in [-0.1, -0.05) is 6.07 Å². The highest BCUT2D eigenvalue weighted by Crippen LogP contribution is 2.36. The van der Waals surface area contributed by atoms with Gasteiger partial charge < -0.3 is 14.6 Å². The van der Waals surface area contributed by atoms with Crippen LogP contribution in [-0.2, 0) is 16.1 Å². The summed E-state index contributed by atoms with van der Waals surface area (Å²) < 4.78 is 23.6. The number of nitrogens with zero attached hydrogens (tertiary/aromatic N) is 1. The Bertz CT molecular complexity index is 566. The van der Waals surface area contributed by atoms with Gasteiger partial charge in [0.05, 0.1) is 12.5 Å². The maximum atomic E-state index is 13.5. The second kappa shape index (κ2) is 8.44. The van der Waals surface area contributed by atoms with Crippen molar-refractivity contribution in [2.24, 2.45) is 5.41 Å². The Balaban J connectivity index is 2.07. The largest absolute Gasteiger partial charge is 0.494 e. The van der Waals surface area contributed by atoms with Crippen molar-refractivity contribution in [3.05, 3.63) is 29.6 Å². The zero-order chi connectivity index (χ0) is 17.6. The van der Waals surface area contributed by atoms with Crippen LogP contribution < -0.4 is 4.74 Å². The smallest absolute Gasteiger partial charge is 0.310 e. The molecule has 1 heterocycles. The number of carbonyl (C=O) groups is 1. The molecule has 1 saturated heterocycles. The minimum Gasteiger partial charge on any atom is -0.494 e. The second-order valence-corrected chi connectivity index (χ2v) is 6.46. The summed E-state index contributed by atoms with van der Waals surface area (Å²) in [6, 6.07) is 4.79. The zero-order valence-electron chi connectivity index (χ0n) is 14.4. The van der Waals surface area contributed by atoms with Crippen LogP contribution in [0.1, 0.15) is 31.2 Å². The summed E-state index contributed by atoms with van der Waals surface area (Å²) in [7, 11) is 3.07. The van der Waals surface area contributed by atoms with Gasteiger partial charge in [-0.2, -0.15) is 0 Å². The molecule has 24 heavy (non-hydrogen) atoms. The summed E-state index contributed by atoms with van der Waals surface area (Å²) in [4.78, 5) is 14.0. The molecule has 0 unspecified atom stereocenters. The summed E-state index contributed by atoms with van der Waals surface area (Å²) in [5.74, 6) is -0.909. The quantitative estimate of drug-likeness (QED) is 0.738. The fraction of sp³-hybridized carbons (Fsp3) is 0.611. The number of carboxylic acid groups (broad SMARTS) is 1. The Labute approximate surface area is 142 Å². The second-order valence-electron chi connectivity index (χ2n) is 6.46. The Morgan fingerprint density at radius 1 is 1.42 bits per heavy atom. The number of ether oxygens (including phenoxy) is 2. The lowest BCUT2D eigenvalue weighted by molar-refractivity contribution is -0.153. The number of piperidine rings is 1. The molecule has 1 aliphatic heterocycles. The molecule has 1 aliphatic rings. The molecular formula is C18H26FNO4. The third-order valence-electron chi connectivity index (χ3n) is 4.74. The molecule has 0 spiro atoms. The van der Waals surface area contributed by atoms with Gasteiger partial charge >= 0.3 is 5.97 Å². The molecule has 1 aromatic rings. The fourth-order valence-corrected chi connectivity index (χ4v) is 3.46. The fourth-order valence-electron chi connectivity index (χ4n) is 3.46. The summed E-state index contributed by atoms with van der Waals surface area (Å²) in [6.45, 7) is 2.52. The minimum atomic E-state index is -0.736. The van der Waals surface area contributed by atoms with Crippen LogP contribution in [0.4, 0.5) is 4.39 Å². The first-order chi connectivity index (χ1) is 11.5. The van der Waals surface area contributed by atoms with Gasteiger partial charge in [-0.3, -0.25) is 9.69 Å². The average Bonchev–Trinajstić information content (AvgIpc) is 2.57. The van der Waals surface area contributed by atoms with E-state index in [0.717, 1.165) is 24.9 Å². The maximum absolute atomic E-state index is 13.5. The van der Waals surface area contributed by atoms with Crippen LogP contribution in [0.5, 0.6) is 5.75 Å². The molecule has 0 saturated carbocycles. The number of hydrogen-bond acceptors (Lipinski definition) is 4. The van der Waals surface area contributed by atoms with Crippen LogP contribution in [0.3, 0.4) is 0 Å². The van der Waals surface area contributed by atoms with E-state index in [1.54, 1.807) is 19.2 Å². The zero-order valence-corrected chi connectivity index (χ0v) is 14.4. The molecule has 1 fully saturated rings. The lowest BCUT2D eigenvalue weighted by Gasteiger charge is -2.40. The van der Waals surface area contributed by atoms with Gasteiger partial charge in [0.1, 0.15) is 0 Å². The predicted octanol–water partition coefficient (Wildman–Crippen LogP) is 2.93. The van der Waals surface area contributed by atoms with Crippen molar-refractivity contribution in [2.45, 2.75) is 32.2 Å². The summed E-state index contributed by atoms with van der Waals surface area (Å²) >= 11 is 0. The standard InChI is InChI=1S/C18H26FNO4/c1-23-10-4-8-18(17(21)22)7-3-9-20(13-18)12-14-5-6-15(19)16(11-14)24-2/h5-6,11H,3-4,7-10,12-13H2,1-2H3,(H,21,22)/t18-/m0/s1. The first-order valence-corrected chi connectivity index (χ1v) is 8.28. The van der Waals surface area contributed by atoms with E-state index in [1.165, 1.54) is 13.2 Å². The van der Waals surface area contributed by atoms with Gasteiger partial charge in [-0.25, -0.2) is 4.39 Å². The van der Waals surface area contributed by atoms with Crippen LogP contribution >= 0.6 is 0 Å². The predicted molar refractivity (Wildman–Crippen MR) is 88.6 cm³/mol.